The van der Waals surface area contributed by atoms with E-state index in [1.54, 1.807) is 30.3 Å². The number of piperazine rings is 1. The van der Waals surface area contributed by atoms with Gasteiger partial charge in [0.15, 0.2) is 5.58 Å². The van der Waals surface area contributed by atoms with E-state index in [1.165, 1.54) is 0 Å². The summed E-state index contributed by atoms with van der Waals surface area (Å²) in [5, 5.41) is 0. The van der Waals surface area contributed by atoms with Gasteiger partial charge in [0.2, 0.25) is 10.0 Å². The number of sulfonamides is 1. The molecule has 27 heavy (non-hydrogen) atoms. The second-order valence-corrected chi connectivity index (χ2v) is 8.27. The van der Waals surface area contributed by atoms with Crippen molar-refractivity contribution in [3.05, 3.63) is 54.6 Å². The first kappa shape index (κ1) is 18.0. The van der Waals surface area contributed by atoms with Gasteiger partial charge in [-0.2, -0.15) is 4.98 Å². The standard InChI is InChI=1S/C19H22N4O3S/c24-27(25,16-6-2-1-3-7-16)20-10-11-22-12-14-23(15-13-22)19-21-17-8-4-5-9-18(17)26-19/h1-9,20H,10-15H2. The molecule has 4 rings (SSSR count). The predicted octanol–water partition coefficient (Wildman–Crippen LogP) is 1.93. The van der Waals surface area contributed by atoms with Crippen LogP contribution in [0.4, 0.5) is 6.01 Å². The van der Waals surface area contributed by atoms with Gasteiger partial charge in [-0.3, -0.25) is 4.90 Å². The monoisotopic (exact) mass is 386 g/mol. The zero-order chi connectivity index (χ0) is 18.7. The number of fused-ring (bicyclic) bond motifs is 1. The van der Waals surface area contributed by atoms with Crippen LogP contribution < -0.4 is 9.62 Å². The number of aromatic nitrogens is 1. The minimum Gasteiger partial charge on any atom is -0.423 e. The first-order valence-electron chi connectivity index (χ1n) is 8.99. The maximum absolute atomic E-state index is 12.2. The summed E-state index contributed by atoms with van der Waals surface area (Å²) in [6, 6.07) is 16.8. The predicted molar refractivity (Wildman–Crippen MR) is 104 cm³/mol. The van der Waals surface area contributed by atoms with Crippen LogP contribution in [0.2, 0.25) is 0 Å². The Kier molecular flexibility index (Phi) is 5.11. The van der Waals surface area contributed by atoms with Crippen LogP contribution in [0.15, 0.2) is 63.9 Å². The highest BCUT2D eigenvalue weighted by Crippen LogP contribution is 2.22. The first-order valence-corrected chi connectivity index (χ1v) is 10.5. The number of nitrogens with zero attached hydrogens (tertiary/aromatic N) is 3. The molecule has 1 aliphatic heterocycles. The summed E-state index contributed by atoms with van der Waals surface area (Å²) in [6.45, 7) is 4.35. The molecule has 0 radical (unpaired) electrons. The van der Waals surface area contributed by atoms with E-state index in [1.807, 2.05) is 24.3 Å². The van der Waals surface area contributed by atoms with Crippen molar-refractivity contribution >= 4 is 27.1 Å². The Morgan fingerprint density at radius 3 is 2.41 bits per heavy atom. The van der Waals surface area contributed by atoms with Crippen LogP contribution in [0.1, 0.15) is 0 Å². The Hall–Kier alpha value is -2.42. The van der Waals surface area contributed by atoms with Gasteiger partial charge in [-0.25, -0.2) is 13.1 Å². The molecule has 2 aromatic carbocycles. The van der Waals surface area contributed by atoms with Crippen molar-refractivity contribution < 1.29 is 12.8 Å². The van der Waals surface area contributed by atoms with Crippen molar-refractivity contribution in [3.63, 3.8) is 0 Å². The average Bonchev–Trinajstić information content (AvgIpc) is 3.13. The maximum Gasteiger partial charge on any atom is 0.298 e. The molecule has 0 saturated carbocycles. The van der Waals surface area contributed by atoms with Crippen molar-refractivity contribution in [2.24, 2.45) is 0 Å². The van der Waals surface area contributed by atoms with Crippen LogP contribution in [-0.2, 0) is 10.0 Å². The minimum absolute atomic E-state index is 0.297. The van der Waals surface area contributed by atoms with Crippen LogP contribution in [0.5, 0.6) is 0 Å². The van der Waals surface area contributed by atoms with E-state index < -0.39 is 10.0 Å². The van der Waals surface area contributed by atoms with E-state index in [-0.39, 0.29) is 0 Å². The molecule has 0 spiro atoms. The second kappa shape index (κ2) is 7.67. The Morgan fingerprint density at radius 2 is 1.67 bits per heavy atom. The van der Waals surface area contributed by atoms with Crippen molar-refractivity contribution in [3.8, 4) is 0 Å². The number of anilines is 1. The molecule has 3 aromatic rings. The van der Waals surface area contributed by atoms with Crippen LogP contribution in [0.25, 0.3) is 11.1 Å². The Morgan fingerprint density at radius 1 is 0.963 bits per heavy atom. The molecule has 1 aromatic heterocycles. The van der Waals surface area contributed by atoms with Gasteiger partial charge in [-0.1, -0.05) is 30.3 Å². The molecule has 0 bridgehead atoms. The van der Waals surface area contributed by atoms with Crippen LogP contribution in [0.3, 0.4) is 0 Å². The molecule has 1 N–H and O–H groups in total. The summed E-state index contributed by atoms with van der Waals surface area (Å²) in [6.07, 6.45) is 0. The molecule has 1 saturated heterocycles. The largest absolute Gasteiger partial charge is 0.423 e. The van der Waals surface area contributed by atoms with E-state index in [0.29, 0.717) is 24.0 Å². The second-order valence-electron chi connectivity index (χ2n) is 6.50. The molecule has 2 heterocycles. The topological polar surface area (TPSA) is 78.7 Å². The fraction of sp³-hybridized carbons (Fsp3) is 0.316. The third-order valence-electron chi connectivity index (χ3n) is 4.70. The van der Waals surface area contributed by atoms with E-state index in [4.69, 9.17) is 4.42 Å². The summed E-state index contributed by atoms with van der Waals surface area (Å²) in [7, 11) is -3.44. The van der Waals surface area contributed by atoms with Crippen molar-refractivity contribution in [1.82, 2.24) is 14.6 Å². The average molecular weight is 386 g/mol. The number of nitrogens with one attached hydrogen (secondary N) is 1. The molecule has 142 valence electrons. The number of para-hydroxylation sites is 2. The van der Waals surface area contributed by atoms with E-state index in [9.17, 15) is 8.42 Å². The zero-order valence-corrected chi connectivity index (χ0v) is 15.7. The number of oxazole rings is 1. The van der Waals surface area contributed by atoms with Gasteiger partial charge in [0.25, 0.3) is 6.01 Å². The number of hydrogen-bond donors (Lipinski definition) is 1. The van der Waals surface area contributed by atoms with Crippen LogP contribution in [-0.4, -0.2) is 57.6 Å². The smallest absolute Gasteiger partial charge is 0.298 e. The lowest BCUT2D eigenvalue weighted by atomic mass is 10.3. The highest BCUT2D eigenvalue weighted by Gasteiger charge is 2.21. The van der Waals surface area contributed by atoms with E-state index >= 15 is 0 Å². The molecule has 1 fully saturated rings. The molecule has 0 amide bonds. The van der Waals surface area contributed by atoms with Gasteiger partial charge >= 0.3 is 0 Å². The number of rotatable bonds is 6. The van der Waals surface area contributed by atoms with Crippen molar-refractivity contribution in [2.45, 2.75) is 4.90 Å². The number of hydrogen-bond acceptors (Lipinski definition) is 6. The van der Waals surface area contributed by atoms with Crippen LogP contribution in [0, 0.1) is 0 Å². The lowest BCUT2D eigenvalue weighted by Gasteiger charge is -2.33. The molecule has 7 nitrogen and oxygen atoms in total. The Bertz CT molecular complexity index is 963. The Balaban J connectivity index is 1.27. The summed E-state index contributed by atoms with van der Waals surface area (Å²) in [4.78, 5) is 9.21. The van der Waals surface area contributed by atoms with Crippen molar-refractivity contribution in [2.75, 3.05) is 44.2 Å². The first-order chi connectivity index (χ1) is 13.1. The van der Waals surface area contributed by atoms with Gasteiger partial charge in [0.05, 0.1) is 4.90 Å². The van der Waals surface area contributed by atoms with E-state index in [0.717, 1.165) is 37.3 Å². The fourth-order valence-electron chi connectivity index (χ4n) is 3.18. The molecule has 0 atom stereocenters. The maximum atomic E-state index is 12.2. The number of benzene rings is 2. The molecular formula is C19H22N4O3S. The summed E-state index contributed by atoms with van der Waals surface area (Å²) >= 11 is 0. The van der Waals surface area contributed by atoms with Gasteiger partial charge in [-0.05, 0) is 24.3 Å². The Labute approximate surface area is 158 Å². The molecule has 8 heteroatoms. The van der Waals surface area contributed by atoms with E-state index in [2.05, 4.69) is 19.5 Å². The normalized spacial score (nSPS) is 16.1. The van der Waals surface area contributed by atoms with Gasteiger partial charge < -0.3 is 9.32 Å². The highest BCUT2D eigenvalue weighted by atomic mass is 32.2. The lowest BCUT2D eigenvalue weighted by Crippen LogP contribution is -2.48. The van der Waals surface area contributed by atoms with Crippen molar-refractivity contribution in [1.29, 1.82) is 0 Å². The van der Waals surface area contributed by atoms with Gasteiger partial charge in [0, 0.05) is 39.3 Å². The zero-order valence-electron chi connectivity index (χ0n) is 14.9. The summed E-state index contributed by atoms with van der Waals surface area (Å²) in [5.74, 6) is 0. The molecule has 1 aliphatic rings. The quantitative estimate of drug-likeness (QED) is 0.697. The molecule has 0 unspecified atom stereocenters. The third kappa shape index (κ3) is 4.13. The lowest BCUT2D eigenvalue weighted by molar-refractivity contribution is 0.257. The fourth-order valence-corrected chi connectivity index (χ4v) is 4.22. The highest BCUT2D eigenvalue weighted by molar-refractivity contribution is 7.89. The molecule has 0 aliphatic carbocycles. The summed E-state index contributed by atoms with van der Waals surface area (Å²) < 4.78 is 33.0. The van der Waals surface area contributed by atoms with Crippen LogP contribution >= 0.6 is 0 Å². The third-order valence-corrected chi connectivity index (χ3v) is 6.18. The minimum atomic E-state index is -3.44. The SMILES string of the molecule is O=S(=O)(NCCN1CCN(c2nc3ccccc3o2)CC1)c1ccccc1. The molecular weight excluding hydrogens is 364 g/mol. The van der Waals surface area contributed by atoms with Gasteiger partial charge in [0.1, 0.15) is 5.52 Å². The van der Waals surface area contributed by atoms with Gasteiger partial charge in [-0.15, -0.1) is 0 Å². The summed E-state index contributed by atoms with van der Waals surface area (Å²) in [5.41, 5.74) is 1.66.